The largest absolute Gasteiger partial charge is 0.492 e. The maximum Gasteiger partial charge on any atom is 0.420 e. The molecule has 0 radical (unpaired) electrons. The molecule has 0 spiro atoms. The molecule has 2 amide bonds. The quantitative estimate of drug-likeness (QED) is 0.376. The Balaban J connectivity index is 1.35. The van der Waals surface area contributed by atoms with Gasteiger partial charge >= 0.3 is 12.2 Å². The van der Waals surface area contributed by atoms with E-state index >= 15 is 0 Å². The van der Waals surface area contributed by atoms with Gasteiger partial charge in [0, 0.05) is 47.9 Å². The first kappa shape index (κ1) is 29.0. The van der Waals surface area contributed by atoms with Crippen molar-refractivity contribution in [3.63, 3.8) is 0 Å². The van der Waals surface area contributed by atoms with E-state index in [9.17, 15) is 18.0 Å². The number of nitrogens with one attached hydrogen (secondary N) is 2. The van der Waals surface area contributed by atoms with Gasteiger partial charge < -0.3 is 19.3 Å². The maximum atomic E-state index is 13.7. The molecule has 3 aromatic rings. The second-order valence-corrected chi connectivity index (χ2v) is 10.2. The van der Waals surface area contributed by atoms with Crippen molar-refractivity contribution in [2.75, 3.05) is 50.1 Å². The minimum atomic E-state index is -4.58. The van der Waals surface area contributed by atoms with E-state index in [1.165, 1.54) is 12.1 Å². The average molecular weight is 557 g/mol. The van der Waals surface area contributed by atoms with Crippen LogP contribution in [0.3, 0.4) is 0 Å². The second-order valence-electron chi connectivity index (χ2n) is 10.2. The number of hydrogen-bond donors (Lipinski definition) is 2. The minimum absolute atomic E-state index is 0.142. The Morgan fingerprint density at radius 1 is 1.00 bits per heavy atom. The molecule has 40 heavy (non-hydrogen) atoms. The second kappa shape index (κ2) is 12.4. The Kier molecular flexibility index (Phi) is 9.02. The molecule has 11 heteroatoms. The minimum Gasteiger partial charge on any atom is -0.492 e. The summed E-state index contributed by atoms with van der Waals surface area (Å²) in [7, 11) is 0. The summed E-state index contributed by atoms with van der Waals surface area (Å²) in [6, 6.07) is 11.5. The number of benzene rings is 2. The van der Waals surface area contributed by atoms with Crippen molar-refractivity contribution in [3.8, 4) is 17.6 Å². The van der Waals surface area contributed by atoms with Gasteiger partial charge in [0.15, 0.2) is 5.82 Å². The normalized spacial score (nSPS) is 14.2. The predicted molar refractivity (Wildman–Crippen MR) is 144 cm³/mol. The lowest BCUT2D eigenvalue weighted by Crippen LogP contribution is -2.38. The van der Waals surface area contributed by atoms with E-state index in [-0.39, 0.29) is 29.2 Å². The van der Waals surface area contributed by atoms with Gasteiger partial charge in [-0.05, 0) is 42.5 Å². The zero-order valence-corrected chi connectivity index (χ0v) is 22.5. The Bertz CT molecular complexity index is 1360. The number of amides is 2. The number of nitrogens with zero attached hydrogens (tertiary/aromatic N) is 2. The highest BCUT2D eigenvalue weighted by Crippen LogP contribution is 2.36. The van der Waals surface area contributed by atoms with Gasteiger partial charge in [0.25, 0.3) is 0 Å². The molecule has 0 aliphatic carbocycles. The fourth-order valence-corrected chi connectivity index (χ4v) is 3.81. The lowest BCUT2D eigenvalue weighted by molar-refractivity contribution is -0.139. The summed E-state index contributed by atoms with van der Waals surface area (Å²) in [5, 5.41) is 9.12. The molecule has 1 saturated heterocycles. The lowest BCUT2D eigenvalue weighted by atomic mass is 9.93. The highest BCUT2D eigenvalue weighted by Gasteiger charge is 2.34. The van der Waals surface area contributed by atoms with Crippen molar-refractivity contribution in [1.29, 1.82) is 0 Å². The number of ether oxygens (including phenoxy) is 2. The van der Waals surface area contributed by atoms with E-state index in [2.05, 4.69) is 32.5 Å². The van der Waals surface area contributed by atoms with Crippen LogP contribution in [0.5, 0.6) is 5.75 Å². The van der Waals surface area contributed by atoms with Crippen LogP contribution >= 0.6 is 0 Å². The van der Waals surface area contributed by atoms with Gasteiger partial charge in [-0.25, -0.2) is 4.79 Å². The molecule has 0 unspecified atom stereocenters. The van der Waals surface area contributed by atoms with Crippen LogP contribution in [0.25, 0.3) is 0 Å². The first-order chi connectivity index (χ1) is 19.0. The highest BCUT2D eigenvalue weighted by atomic mass is 19.4. The maximum absolute atomic E-state index is 13.7. The third-order valence-corrected chi connectivity index (χ3v) is 6.04. The summed E-state index contributed by atoms with van der Waals surface area (Å²) in [4.78, 5) is 14.4. The molecule has 1 aliphatic heterocycles. The van der Waals surface area contributed by atoms with Gasteiger partial charge in [0.05, 0.1) is 18.8 Å². The number of anilines is 2. The van der Waals surface area contributed by atoms with Gasteiger partial charge in [-0.15, -0.1) is 0 Å². The van der Waals surface area contributed by atoms with Crippen LogP contribution < -0.4 is 15.4 Å². The number of halogens is 3. The summed E-state index contributed by atoms with van der Waals surface area (Å²) < 4.78 is 57.1. The van der Waals surface area contributed by atoms with E-state index < -0.39 is 17.8 Å². The molecule has 1 fully saturated rings. The molecular weight excluding hydrogens is 525 g/mol. The standard InChI is InChI=1S/C29H31F3N4O4/c1-28(2,3)25-19-26(35-40-25)34-27(37)33-22-9-6-20(7-10-22)4-5-21-8-11-24(23(18-21)29(30,31)32)39-17-14-36-12-15-38-16-13-36/h6-11,18-19H,12-17H2,1-3H3,(H2,33,34,35,37). The van der Waals surface area contributed by atoms with Gasteiger partial charge in [-0.3, -0.25) is 10.2 Å². The zero-order chi connectivity index (χ0) is 28.8. The number of rotatable bonds is 6. The number of alkyl halides is 3. The molecular formula is C29H31F3N4O4. The number of carbonyl (C=O) groups is 1. The smallest absolute Gasteiger partial charge is 0.420 e. The van der Waals surface area contributed by atoms with E-state index in [4.69, 9.17) is 14.0 Å². The van der Waals surface area contributed by atoms with Crippen molar-refractivity contribution in [2.45, 2.75) is 32.4 Å². The molecule has 1 aromatic heterocycles. The molecule has 1 aliphatic rings. The predicted octanol–water partition coefficient (Wildman–Crippen LogP) is 5.75. The highest BCUT2D eigenvalue weighted by molar-refractivity contribution is 5.99. The van der Waals surface area contributed by atoms with Crippen LogP contribution in [0.2, 0.25) is 0 Å². The molecule has 2 heterocycles. The molecule has 4 rings (SSSR count). The van der Waals surface area contributed by atoms with Gasteiger partial charge in [-0.2, -0.15) is 13.2 Å². The first-order valence-electron chi connectivity index (χ1n) is 12.8. The zero-order valence-electron chi connectivity index (χ0n) is 22.5. The van der Waals surface area contributed by atoms with Gasteiger partial charge in [0.2, 0.25) is 0 Å². The Morgan fingerprint density at radius 3 is 2.33 bits per heavy atom. The summed E-state index contributed by atoms with van der Waals surface area (Å²) >= 11 is 0. The van der Waals surface area contributed by atoms with E-state index in [1.54, 1.807) is 30.3 Å². The first-order valence-corrected chi connectivity index (χ1v) is 12.8. The molecule has 0 atom stereocenters. The van der Waals surface area contributed by atoms with Crippen molar-refractivity contribution in [3.05, 3.63) is 71.0 Å². The Labute approximate surface area is 230 Å². The van der Waals surface area contributed by atoms with Crippen LogP contribution in [0, 0.1) is 11.8 Å². The van der Waals surface area contributed by atoms with Crippen LogP contribution in [-0.4, -0.2) is 55.5 Å². The fraction of sp³-hybridized carbons (Fsp3) is 0.379. The van der Waals surface area contributed by atoms with Crippen LogP contribution in [0.4, 0.5) is 29.5 Å². The third-order valence-electron chi connectivity index (χ3n) is 6.04. The molecule has 8 nitrogen and oxygen atoms in total. The monoisotopic (exact) mass is 556 g/mol. The topological polar surface area (TPSA) is 88.9 Å². The van der Waals surface area contributed by atoms with Crippen molar-refractivity contribution in [2.24, 2.45) is 0 Å². The van der Waals surface area contributed by atoms with E-state index in [0.717, 1.165) is 19.2 Å². The van der Waals surface area contributed by atoms with E-state index in [0.29, 0.717) is 36.8 Å². The number of hydrogen-bond acceptors (Lipinski definition) is 6. The number of carbonyl (C=O) groups excluding carboxylic acids is 1. The summed E-state index contributed by atoms with van der Waals surface area (Å²) in [5.41, 5.74) is 0.163. The van der Waals surface area contributed by atoms with E-state index in [1.807, 2.05) is 20.8 Å². The average Bonchev–Trinajstić information content (AvgIpc) is 3.38. The summed E-state index contributed by atoms with van der Waals surface area (Å²) in [6.45, 7) is 9.25. The van der Waals surface area contributed by atoms with Crippen LogP contribution in [0.1, 0.15) is 43.2 Å². The van der Waals surface area contributed by atoms with Gasteiger partial charge in [-0.1, -0.05) is 37.8 Å². The molecule has 0 bridgehead atoms. The van der Waals surface area contributed by atoms with Crippen molar-refractivity contribution >= 4 is 17.5 Å². The Morgan fingerprint density at radius 2 is 1.68 bits per heavy atom. The SMILES string of the molecule is CC(C)(C)c1cc(NC(=O)Nc2ccc(C#Cc3ccc(OCCN4CCOCC4)c(C(F)(F)F)c3)cc2)no1. The number of morpholine rings is 1. The lowest BCUT2D eigenvalue weighted by Gasteiger charge is -2.26. The fourth-order valence-electron chi connectivity index (χ4n) is 3.81. The molecule has 0 saturated carbocycles. The summed E-state index contributed by atoms with van der Waals surface area (Å²) in [5.74, 6) is 6.33. The van der Waals surface area contributed by atoms with Crippen molar-refractivity contribution in [1.82, 2.24) is 10.1 Å². The molecule has 2 aromatic carbocycles. The molecule has 2 N–H and O–H groups in total. The van der Waals surface area contributed by atoms with Crippen molar-refractivity contribution < 1.29 is 32.0 Å². The summed E-state index contributed by atoms with van der Waals surface area (Å²) in [6.07, 6.45) is -4.58. The van der Waals surface area contributed by atoms with Crippen LogP contribution in [0.15, 0.2) is 53.1 Å². The Hall–Kier alpha value is -4.01. The van der Waals surface area contributed by atoms with Crippen LogP contribution in [-0.2, 0) is 16.3 Å². The number of aromatic nitrogens is 1. The molecule has 212 valence electrons. The number of urea groups is 1. The third kappa shape index (κ3) is 8.24. The van der Waals surface area contributed by atoms with Gasteiger partial charge in [0.1, 0.15) is 18.1 Å².